The monoisotopic (exact) mass is 532 g/mol. The van der Waals surface area contributed by atoms with Crippen LogP contribution >= 0.6 is 22.6 Å². The molecule has 3 rings (SSSR count). The van der Waals surface area contributed by atoms with Crippen molar-refractivity contribution in [1.29, 1.82) is 10.5 Å². The van der Waals surface area contributed by atoms with Gasteiger partial charge in [-0.15, -0.1) is 0 Å². The summed E-state index contributed by atoms with van der Waals surface area (Å²) in [6.45, 7) is 4.93. The summed E-state index contributed by atoms with van der Waals surface area (Å²) in [7, 11) is 0. The van der Waals surface area contributed by atoms with Gasteiger partial charge in [0.1, 0.15) is 29.3 Å². The minimum absolute atomic E-state index is 0.00360. The number of fused-ring (bicyclic) bond motifs is 1. The third kappa shape index (κ3) is 4.36. The van der Waals surface area contributed by atoms with Gasteiger partial charge < -0.3 is 26.3 Å². The maximum Gasteiger partial charge on any atom is 0.211 e. The molecule has 1 aromatic carbocycles. The molecular formula is C20H21IN8O2. The molecule has 0 spiro atoms. The third-order valence-corrected chi connectivity index (χ3v) is 5.26. The van der Waals surface area contributed by atoms with Crippen molar-refractivity contribution in [2.75, 3.05) is 30.0 Å². The molecule has 1 aromatic heterocycles. The highest BCUT2D eigenvalue weighted by Crippen LogP contribution is 2.44. The number of anilines is 3. The maximum atomic E-state index is 9.47. The van der Waals surface area contributed by atoms with Crippen LogP contribution in [0.2, 0.25) is 0 Å². The van der Waals surface area contributed by atoms with Crippen LogP contribution in [0.25, 0.3) is 0 Å². The Labute approximate surface area is 193 Å². The topological polar surface area (TPSA) is 167 Å². The second-order valence-electron chi connectivity index (χ2n) is 6.51. The maximum absolute atomic E-state index is 9.47. The molecule has 1 unspecified atom stereocenters. The lowest BCUT2D eigenvalue weighted by atomic mass is 9.95. The van der Waals surface area contributed by atoms with Crippen molar-refractivity contribution < 1.29 is 9.47 Å². The first-order valence-corrected chi connectivity index (χ1v) is 10.6. The number of benzene rings is 1. The summed E-state index contributed by atoms with van der Waals surface area (Å²) < 4.78 is 12.5. The second kappa shape index (κ2) is 9.57. The lowest BCUT2D eigenvalue weighted by Gasteiger charge is -2.27. The van der Waals surface area contributed by atoms with Crippen molar-refractivity contribution in [1.82, 2.24) is 10.3 Å². The van der Waals surface area contributed by atoms with Crippen LogP contribution in [0.5, 0.6) is 11.5 Å². The first-order chi connectivity index (χ1) is 14.9. The van der Waals surface area contributed by atoms with E-state index in [2.05, 4.69) is 43.2 Å². The number of rotatable bonds is 6. The zero-order valence-corrected chi connectivity index (χ0v) is 19.1. The Hall–Kier alpha value is -3.45. The van der Waals surface area contributed by atoms with Crippen molar-refractivity contribution in [3.05, 3.63) is 32.4 Å². The number of hydrogen-bond donors (Lipinski definition) is 4. The number of nitrogens with zero attached hydrogens (tertiary/aromatic N) is 4. The minimum atomic E-state index is -0.653. The van der Waals surface area contributed by atoms with Crippen LogP contribution in [0.4, 0.5) is 17.3 Å². The van der Waals surface area contributed by atoms with E-state index in [0.717, 1.165) is 15.6 Å². The first kappa shape index (κ1) is 22.2. The number of nitrogen functional groups attached to an aromatic ring is 2. The molecule has 0 amide bonds. The van der Waals surface area contributed by atoms with E-state index in [1.807, 2.05) is 38.2 Å². The van der Waals surface area contributed by atoms with Crippen molar-refractivity contribution in [3.63, 3.8) is 0 Å². The molecule has 0 saturated heterocycles. The van der Waals surface area contributed by atoms with Gasteiger partial charge in [-0.05, 0) is 53.6 Å². The number of hydrogen-bond acceptors (Lipinski definition) is 10. The van der Waals surface area contributed by atoms with Gasteiger partial charge in [-0.2, -0.15) is 10.5 Å². The molecule has 1 aliphatic rings. The molecule has 160 valence electrons. The van der Waals surface area contributed by atoms with Crippen LogP contribution in [-0.4, -0.2) is 24.2 Å². The Morgan fingerprint density at radius 1 is 1.26 bits per heavy atom. The molecule has 0 bridgehead atoms. The molecule has 2 heterocycles. The quantitative estimate of drug-likeness (QED) is 0.248. The first-order valence-electron chi connectivity index (χ1n) is 9.52. The number of ether oxygens (including phenoxy) is 2. The highest BCUT2D eigenvalue weighted by molar-refractivity contribution is 14.1. The highest BCUT2D eigenvalue weighted by Gasteiger charge is 2.31. The van der Waals surface area contributed by atoms with E-state index in [4.69, 9.17) is 26.2 Å². The van der Waals surface area contributed by atoms with Gasteiger partial charge in [0, 0.05) is 5.56 Å². The van der Waals surface area contributed by atoms with E-state index in [-0.39, 0.29) is 23.0 Å². The zero-order chi connectivity index (χ0) is 22.5. The Morgan fingerprint density at radius 2 is 2.03 bits per heavy atom. The summed E-state index contributed by atoms with van der Waals surface area (Å²) in [6, 6.07) is 5.07. The molecule has 6 N–H and O–H groups in total. The molecular weight excluding hydrogens is 511 g/mol. The normalized spacial score (nSPS) is 14.4. The van der Waals surface area contributed by atoms with Gasteiger partial charge in [-0.1, -0.05) is 6.92 Å². The van der Waals surface area contributed by atoms with E-state index < -0.39 is 6.04 Å². The van der Waals surface area contributed by atoms with Gasteiger partial charge in [-0.3, -0.25) is 5.32 Å². The van der Waals surface area contributed by atoms with Crippen LogP contribution in [0.1, 0.15) is 43.0 Å². The number of aromatic nitrogens is 1. The summed E-state index contributed by atoms with van der Waals surface area (Å²) in [5.74, 6) is 1.74. The van der Waals surface area contributed by atoms with Gasteiger partial charge in [0.2, 0.25) is 5.96 Å². The summed E-state index contributed by atoms with van der Waals surface area (Å²) in [5, 5.41) is 23.9. The highest BCUT2D eigenvalue weighted by atomic mass is 127. The molecule has 11 heteroatoms. The fourth-order valence-electron chi connectivity index (χ4n) is 3.18. The fraction of sp³-hybridized carbons (Fsp3) is 0.300. The van der Waals surface area contributed by atoms with Crippen molar-refractivity contribution in [2.45, 2.75) is 26.3 Å². The smallest absolute Gasteiger partial charge is 0.211 e. The van der Waals surface area contributed by atoms with Gasteiger partial charge in [-0.25, -0.2) is 9.98 Å². The Balaban J connectivity index is 2.22. The Bertz CT molecular complexity index is 1120. The lowest BCUT2D eigenvalue weighted by molar-refractivity contribution is 0.275. The van der Waals surface area contributed by atoms with Crippen molar-refractivity contribution in [3.8, 4) is 23.8 Å². The van der Waals surface area contributed by atoms with E-state index in [0.29, 0.717) is 36.1 Å². The molecule has 0 radical (unpaired) electrons. The van der Waals surface area contributed by atoms with Gasteiger partial charge in [0.05, 0.1) is 22.5 Å². The summed E-state index contributed by atoms with van der Waals surface area (Å²) in [5.41, 5.74) is 13.7. The van der Waals surface area contributed by atoms with Crippen molar-refractivity contribution in [2.24, 2.45) is 4.99 Å². The fourth-order valence-corrected chi connectivity index (χ4v) is 3.96. The van der Waals surface area contributed by atoms with Crippen LogP contribution in [0.3, 0.4) is 0 Å². The Morgan fingerprint density at radius 3 is 2.68 bits per heavy atom. The van der Waals surface area contributed by atoms with E-state index >= 15 is 0 Å². The molecule has 0 fully saturated rings. The van der Waals surface area contributed by atoms with E-state index in [1.54, 1.807) is 0 Å². The molecule has 0 saturated carbocycles. The number of nitriles is 2. The minimum Gasteiger partial charge on any atom is -0.490 e. The molecule has 2 aromatic rings. The van der Waals surface area contributed by atoms with E-state index in [1.165, 1.54) is 0 Å². The van der Waals surface area contributed by atoms with Crippen LogP contribution in [0, 0.1) is 26.4 Å². The standard InChI is InChI=1S/C20H21IN8O2/c1-3-5-31-17-12(21)6-10(7-13(17)30-4-2)16-14-15(24)11(8-22)18(25)28-19(14)29-20(27-16)26-9-23/h6-7,16H,3-5H2,1-2H3,(H6,24,25,26,27,28,29). The van der Waals surface area contributed by atoms with Crippen LogP contribution < -0.4 is 31.6 Å². The van der Waals surface area contributed by atoms with E-state index in [9.17, 15) is 5.26 Å². The molecule has 31 heavy (non-hydrogen) atoms. The number of halogens is 1. The van der Waals surface area contributed by atoms with Gasteiger partial charge >= 0.3 is 0 Å². The number of pyridine rings is 1. The second-order valence-corrected chi connectivity index (χ2v) is 7.68. The summed E-state index contributed by atoms with van der Waals surface area (Å²) in [4.78, 5) is 8.85. The average Bonchev–Trinajstić information content (AvgIpc) is 2.73. The van der Waals surface area contributed by atoms with Gasteiger partial charge in [0.15, 0.2) is 17.7 Å². The zero-order valence-electron chi connectivity index (χ0n) is 17.0. The average molecular weight is 532 g/mol. The molecule has 10 nitrogen and oxygen atoms in total. The number of nitrogens with one attached hydrogen (secondary N) is 2. The number of guanidine groups is 1. The lowest BCUT2D eigenvalue weighted by Crippen LogP contribution is -2.32. The summed E-state index contributed by atoms with van der Waals surface area (Å²) in [6.07, 6.45) is 2.70. The SMILES string of the molecule is CCCOc1c(I)cc(C2N=C(NC#N)Nc3nc(N)c(C#N)c(N)c32)cc1OCC. The largest absolute Gasteiger partial charge is 0.490 e. The predicted octanol–water partition coefficient (Wildman–Crippen LogP) is 2.85. The summed E-state index contributed by atoms with van der Waals surface area (Å²) >= 11 is 2.18. The molecule has 1 aliphatic heterocycles. The molecule has 0 aliphatic carbocycles. The van der Waals surface area contributed by atoms with Gasteiger partial charge in [0.25, 0.3) is 0 Å². The third-order valence-electron chi connectivity index (χ3n) is 4.46. The number of aliphatic imine (C=N–C) groups is 1. The molecule has 1 atom stereocenters. The number of nitrogens with two attached hydrogens (primary N) is 2. The van der Waals surface area contributed by atoms with Crippen LogP contribution in [-0.2, 0) is 0 Å². The van der Waals surface area contributed by atoms with Crippen LogP contribution in [0.15, 0.2) is 17.1 Å². The predicted molar refractivity (Wildman–Crippen MR) is 126 cm³/mol. The van der Waals surface area contributed by atoms with Crippen molar-refractivity contribution >= 4 is 45.9 Å². The Kier molecular flexibility index (Phi) is 6.87.